The number of hydrogen-bond acceptors (Lipinski definition) is 3. The van der Waals surface area contributed by atoms with E-state index >= 15 is 0 Å². The fourth-order valence-corrected chi connectivity index (χ4v) is 3.94. The lowest BCUT2D eigenvalue weighted by Gasteiger charge is -2.32. The lowest BCUT2D eigenvalue weighted by Crippen LogP contribution is -2.49. The molecule has 5 heteroatoms. The average molecular weight is 375 g/mol. The SMILES string of the molecule is Cc1ccc(CN2CCC(N3CCNCC3)C2)c(Br)c1.Cl. The molecule has 0 radical (unpaired) electrons. The van der Waals surface area contributed by atoms with E-state index < -0.39 is 0 Å². The quantitative estimate of drug-likeness (QED) is 0.877. The first-order valence-electron chi connectivity index (χ1n) is 7.64. The van der Waals surface area contributed by atoms with Crippen molar-refractivity contribution in [1.29, 1.82) is 0 Å². The van der Waals surface area contributed by atoms with Gasteiger partial charge in [0, 0.05) is 56.3 Å². The monoisotopic (exact) mass is 373 g/mol. The second-order valence-electron chi connectivity index (χ2n) is 6.06. The summed E-state index contributed by atoms with van der Waals surface area (Å²) in [5.41, 5.74) is 2.73. The van der Waals surface area contributed by atoms with Crippen LogP contribution in [-0.2, 0) is 6.54 Å². The Balaban J connectivity index is 0.00000161. The largest absolute Gasteiger partial charge is 0.314 e. The zero-order valence-corrected chi connectivity index (χ0v) is 15.0. The van der Waals surface area contributed by atoms with Gasteiger partial charge in [0.25, 0.3) is 0 Å². The third-order valence-electron chi connectivity index (χ3n) is 4.52. The van der Waals surface area contributed by atoms with Crippen LogP contribution in [0.3, 0.4) is 0 Å². The summed E-state index contributed by atoms with van der Waals surface area (Å²) in [5, 5.41) is 3.44. The number of aryl methyl sites for hydroxylation is 1. The standard InChI is InChI=1S/C16H24BrN3.ClH/c1-13-2-3-14(16(17)10-13)11-19-7-4-15(12-19)20-8-5-18-6-9-20;/h2-3,10,15,18H,4-9,11-12H2,1H3;1H. The normalized spacial score (nSPS) is 24.0. The van der Waals surface area contributed by atoms with Crippen LogP contribution in [0.5, 0.6) is 0 Å². The Morgan fingerprint density at radius 2 is 2.00 bits per heavy atom. The minimum atomic E-state index is 0. The van der Waals surface area contributed by atoms with E-state index in [1.54, 1.807) is 0 Å². The van der Waals surface area contributed by atoms with Crippen LogP contribution < -0.4 is 5.32 Å². The van der Waals surface area contributed by atoms with Crippen molar-refractivity contribution in [2.24, 2.45) is 0 Å². The molecule has 0 bridgehead atoms. The number of rotatable bonds is 3. The Labute approximate surface area is 142 Å². The van der Waals surface area contributed by atoms with E-state index in [9.17, 15) is 0 Å². The highest BCUT2D eigenvalue weighted by Gasteiger charge is 2.28. The third kappa shape index (κ3) is 4.42. The first-order chi connectivity index (χ1) is 9.72. The number of benzene rings is 1. The van der Waals surface area contributed by atoms with Crippen molar-refractivity contribution in [2.45, 2.75) is 25.9 Å². The fourth-order valence-electron chi connectivity index (χ4n) is 3.32. The van der Waals surface area contributed by atoms with Gasteiger partial charge < -0.3 is 5.32 Å². The highest BCUT2D eigenvalue weighted by molar-refractivity contribution is 9.10. The molecule has 1 atom stereocenters. The minimum Gasteiger partial charge on any atom is -0.314 e. The molecule has 1 N–H and O–H groups in total. The van der Waals surface area contributed by atoms with Crippen molar-refractivity contribution < 1.29 is 0 Å². The maximum absolute atomic E-state index is 3.70. The van der Waals surface area contributed by atoms with E-state index in [-0.39, 0.29) is 12.4 Å². The van der Waals surface area contributed by atoms with E-state index in [1.807, 2.05) is 0 Å². The van der Waals surface area contributed by atoms with Crippen LogP contribution >= 0.6 is 28.3 Å². The van der Waals surface area contributed by atoms with Crippen LogP contribution in [0.4, 0.5) is 0 Å². The van der Waals surface area contributed by atoms with Gasteiger partial charge in [-0.1, -0.05) is 28.1 Å². The Morgan fingerprint density at radius 3 is 2.71 bits per heavy atom. The fraction of sp³-hybridized carbons (Fsp3) is 0.625. The number of halogens is 2. The van der Waals surface area contributed by atoms with Crippen molar-refractivity contribution in [3.05, 3.63) is 33.8 Å². The van der Waals surface area contributed by atoms with Crippen molar-refractivity contribution in [2.75, 3.05) is 39.3 Å². The Morgan fingerprint density at radius 1 is 1.24 bits per heavy atom. The molecular formula is C16H25BrClN3. The maximum atomic E-state index is 3.70. The first kappa shape index (κ1) is 17.2. The van der Waals surface area contributed by atoms with Gasteiger partial charge in [-0.15, -0.1) is 12.4 Å². The van der Waals surface area contributed by atoms with Crippen LogP contribution in [0.25, 0.3) is 0 Å². The summed E-state index contributed by atoms with van der Waals surface area (Å²) in [6.07, 6.45) is 1.32. The molecule has 0 spiro atoms. The van der Waals surface area contributed by atoms with Gasteiger partial charge >= 0.3 is 0 Å². The molecule has 3 rings (SSSR count). The molecule has 1 unspecified atom stereocenters. The van der Waals surface area contributed by atoms with Gasteiger partial charge in [0.1, 0.15) is 0 Å². The summed E-state index contributed by atoms with van der Waals surface area (Å²) in [5.74, 6) is 0. The molecule has 21 heavy (non-hydrogen) atoms. The molecule has 0 aromatic heterocycles. The molecular weight excluding hydrogens is 350 g/mol. The van der Waals surface area contributed by atoms with Crippen molar-refractivity contribution in [1.82, 2.24) is 15.1 Å². The molecule has 2 saturated heterocycles. The Kier molecular flexibility index (Phi) is 6.51. The van der Waals surface area contributed by atoms with Gasteiger partial charge in [-0.05, 0) is 30.5 Å². The van der Waals surface area contributed by atoms with Crippen molar-refractivity contribution >= 4 is 28.3 Å². The van der Waals surface area contributed by atoms with Crippen molar-refractivity contribution in [3.63, 3.8) is 0 Å². The molecule has 0 amide bonds. The van der Waals surface area contributed by atoms with Gasteiger partial charge in [0.05, 0.1) is 0 Å². The minimum absolute atomic E-state index is 0. The molecule has 2 aliphatic rings. The van der Waals surface area contributed by atoms with E-state index in [2.05, 4.69) is 56.2 Å². The van der Waals surface area contributed by atoms with Crippen LogP contribution in [0.1, 0.15) is 17.5 Å². The molecule has 0 saturated carbocycles. The van der Waals surface area contributed by atoms with Gasteiger partial charge in [-0.3, -0.25) is 9.80 Å². The molecule has 1 aromatic carbocycles. The van der Waals surface area contributed by atoms with E-state index in [1.165, 1.54) is 48.2 Å². The highest BCUT2D eigenvalue weighted by Crippen LogP contribution is 2.23. The number of nitrogens with one attached hydrogen (secondary N) is 1. The summed E-state index contributed by atoms with van der Waals surface area (Å²) >= 11 is 3.70. The summed E-state index contributed by atoms with van der Waals surface area (Å²) < 4.78 is 1.25. The van der Waals surface area contributed by atoms with E-state index in [0.29, 0.717) is 0 Å². The number of likely N-dealkylation sites (tertiary alicyclic amines) is 1. The van der Waals surface area contributed by atoms with Crippen molar-refractivity contribution in [3.8, 4) is 0 Å². The van der Waals surface area contributed by atoms with Gasteiger partial charge in [-0.2, -0.15) is 0 Å². The molecule has 0 aliphatic carbocycles. The lowest BCUT2D eigenvalue weighted by atomic mass is 10.1. The van der Waals surface area contributed by atoms with Gasteiger partial charge in [-0.25, -0.2) is 0 Å². The molecule has 1 aromatic rings. The van der Waals surface area contributed by atoms with Crippen LogP contribution in [-0.4, -0.2) is 55.1 Å². The Hall–Kier alpha value is -0.130. The smallest absolute Gasteiger partial charge is 0.0245 e. The van der Waals surface area contributed by atoms with Gasteiger partial charge in [0.15, 0.2) is 0 Å². The van der Waals surface area contributed by atoms with Gasteiger partial charge in [0.2, 0.25) is 0 Å². The van der Waals surface area contributed by atoms with E-state index in [4.69, 9.17) is 0 Å². The van der Waals surface area contributed by atoms with Crippen LogP contribution in [0, 0.1) is 6.92 Å². The summed E-state index contributed by atoms with van der Waals surface area (Å²) in [4.78, 5) is 5.27. The van der Waals surface area contributed by atoms with Crippen LogP contribution in [0.2, 0.25) is 0 Å². The summed E-state index contributed by atoms with van der Waals surface area (Å²) in [6.45, 7) is 10.4. The third-order valence-corrected chi connectivity index (χ3v) is 5.26. The van der Waals surface area contributed by atoms with E-state index in [0.717, 1.165) is 25.7 Å². The predicted molar refractivity (Wildman–Crippen MR) is 94.3 cm³/mol. The highest BCUT2D eigenvalue weighted by atomic mass is 79.9. The zero-order valence-electron chi connectivity index (χ0n) is 12.6. The topological polar surface area (TPSA) is 18.5 Å². The zero-order chi connectivity index (χ0) is 13.9. The molecule has 118 valence electrons. The maximum Gasteiger partial charge on any atom is 0.0245 e. The lowest BCUT2D eigenvalue weighted by molar-refractivity contribution is 0.170. The Bertz CT molecular complexity index is 463. The predicted octanol–water partition coefficient (Wildman–Crippen LogP) is 2.66. The number of nitrogens with zero attached hydrogens (tertiary/aromatic N) is 2. The van der Waals surface area contributed by atoms with Crippen LogP contribution in [0.15, 0.2) is 22.7 Å². The average Bonchev–Trinajstić information content (AvgIpc) is 2.92. The second kappa shape index (κ2) is 7.93. The number of piperazine rings is 1. The molecule has 3 nitrogen and oxygen atoms in total. The summed E-state index contributed by atoms with van der Waals surface area (Å²) in [6, 6.07) is 7.46. The molecule has 2 aliphatic heterocycles. The number of hydrogen-bond donors (Lipinski definition) is 1. The first-order valence-corrected chi connectivity index (χ1v) is 8.44. The molecule has 2 fully saturated rings. The second-order valence-corrected chi connectivity index (χ2v) is 6.91. The summed E-state index contributed by atoms with van der Waals surface area (Å²) in [7, 11) is 0. The molecule has 2 heterocycles.